The van der Waals surface area contributed by atoms with Gasteiger partial charge in [-0.15, -0.1) is 0 Å². The standard InChI is InChI=1S/C11H15NO3/c1-8(13)11(6-2-3-7-12)9(14)4-5-10(11)15/h4-5H,2-3,6-7,12H2,1H3. The Morgan fingerprint density at radius 1 is 1.27 bits per heavy atom. The van der Waals surface area contributed by atoms with Gasteiger partial charge in [-0.25, -0.2) is 0 Å². The molecule has 0 heterocycles. The molecular formula is C11H15NO3. The summed E-state index contributed by atoms with van der Waals surface area (Å²) in [5, 5.41) is 0. The van der Waals surface area contributed by atoms with Gasteiger partial charge in [0.05, 0.1) is 0 Å². The molecule has 2 N–H and O–H groups in total. The number of carbonyl (C=O) groups is 3. The molecule has 0 spiro atoms. The zero-order valence-electron chi connectivity index (χ0n) is 8.79. The zero-order chi connectivity index (χ0) is 11.5. The van der Waals surface area contributed by atoms with Gasteiger partial charge >= 0.3 is 0 Å². The second-order valence-corrected chi connectivity index (χ2v) is 3.77. The maximum atomic E-state index is 11.6. The summed E-state index contributed by atoms with van der Waals surface area (Å²) in [6, 6.07) is 0. The monoisotopic (exact) mass is 209 g/mol. The number of ketones is 3. The molecule has 0 bridgehead atoms. The number of hydrogen-bond donors (Lipinski definition) is 1. The summed E-state index contributed by atoms with van der Waals surface area (Å²) in [4.78, 5) is 34.6. The van der Waals surface area contributed by atoms with Crippen molar-refractivity contribution in [1.82, 2.24) is 0 Å². The van der Waals surface area contributed by atoms with Crippen molar-refractivity contribution in [2.45, 2.75) is 26.2 Å². The van der Waals surface area contributed by atoms with E-state index < -0.39 is 5.41 Å². The highest BCUT2D eigenvalue weighted by molar-refractivity contribution is 6.33. The van der Waals surface area contributed by atoms with Crippen LogP contribution in [-0.2, 0) is 14.4 Å². The number of unbranched alkanes of at least 4 members (excludes halogenated alkanes) is 1. The predicted octanol–water partition coefficient (Wildman–Crippen LogP) is 0.399. The van der Waals surface area contributed by atoms with Gasteiger partial charge in [0.15, 0.2) is 22.8 Å². The van der Waals surface area contributed by atoms with Crippen LogP contribution in [0, 0.1) is 5.41 Å². The van der Waals surface area contributed by atoms with Gasteiger partial charge in [-0.05, 0) is 38.5 Å². The molecule has 1 rings (SSSR count). The fourth-order valence-electron chi connectivity index (χ4n) is 1.86. The van der Waals surface area contributed by atoms with Crippen molar-refractivity contribution in [2.75, 3.05) is 6.54 Å². The van der Waals surface area contributed by atoms with Gasteiger partial charge < -0.3 is 5.73 Å². The van der Waals surface area contributed by atoms with E-state index in [4.69, 9.17) is 5.73 Å². The van der Waals surface area contributed by atoms with Crippen molar-refractivity contribution in [2.24, 2.45) is 11.1 Å². The summed E-state index contributed by atoms with van der Waals surface area (Å²) in [6.45, 7) is 1.80. The fourth-order valence-corrected chi connectivity index (χ4v) is 1.86. The van der Waals surface area contributed by atoms with Gasteiger partial charge in [0.2, 0.25) is 0 Å². The lowest BCUT2D eigenvalue weighted by Gasteiger charge is -2.22. The van der Waals surface area contributed by atoms with Crippen LogP contribution in [-0.4, -0.2) is 23.9 Å². The summed E-state index contributed by atoms with van der Waals surface area (Å²) in [7, 11) is 0. The molecule has 0 aromatic rings. The van der Waals surface area contributed by atoms with E-state index in [0.717, 1.165) is 6.42 Å². The number of rotatable bonds is 5. The highest BCUT2D eigenvalue weighted by Gasteiger charge is 2.49. The van der Waals surface area contributed by atoms with Gasteiger partial charge in [-0.1, -0.05) is 6.42 Å². The fraction of sp³-hybridized carbons (Fsp3) is 0.545. The molecule has 0 radical (unpaired) electrons. The summed E-state index contributed by atoms with van der Waals surface area (Å²) < 4.78 is 0. The second-order valence-electron chi connectivity index (χ2n) is 3.77. The molecule has 4 nitrogen and oxygen atoms in total. The first-order chi connectivity index (χ1) is 7.05. The first-order valence-corrected chi connectivity index (χ1v) is 5.03. The zero-order valence-corrected chi connectivity index (χ0v) is 8.79. The van der Waals surface area contributed by atoms with E-state index in [1.807, 2.05) is 0 Å². The summed E-state index contributed by atoms with van der Waals surface area (Å²) in [5.74, 6) is -1.12. The van der Waals surface area contributed by atoms with Crippen LogP contribution in [0.2, 0.25) is 0 Å². The summed E-state index contributed by atoms with van der Waals surface area (Å²) in [5.41, 5.74) is 3.91. The van der Waals surface area contributed by atoms with E-state index in [0.29, 0.717) is 13.0 Å². The number of carbonyl (C=O) groups excluding carboxylic acids is 3. The van der Waals surface area contributed by atoms with Crippen LogP contribution < -0.4 is 5.73 Å². The minimum atomic E-state index is -1.42. The quantitative estimate of drug-likeness (QED) is 0.525. The van der Waals surface area contributed by atoms with E-state index in [1.54, 1.807) is 0 Å². The molecule has 0 amide bonds. The van der Waals surface area contributed by atoms with Crippen LogP contribution in [0.3, 0.4) is 0 Å². The second kappa shape index (κ2) is 4.49. The van der Waals surface area contributed by atoms with Crippen molar-refractivity contribution < 1.29 is 14.4 Å². The number of allylic oxidation sites excluding steroid dienone is 2. The van der Waals surface area contributed by atoms with Crippen LogP contribution in [0.1, 0.15) is 26.2 Å². The van der Waals surface area contributed by atoms with Gasteiger partial charge in [0.1, 0.15) is 0 Å². The van der Waals surface area contributed by atoms with Crippen LogP contribution in [0.25, 0.3) is 0 Å². The Morgan fingerprint density at radius 3 is 2.20 bits per heavy atom. The minimum Gasteiger partial charge on any atom is -0.330 e. The molecule has 15 heavy (non-hydrogen) atoms. The first kappa shape index (κ1) is 11.8. The van der Waals surface area contributed by atoms with Gasteiger partial charge in [-0.2, -0.15) is 0 Å². The van der Waals surface area contributed by atoms with Gasteiger partial charge in [0, 0.05) is 0 Å². The lowest BCUT2D eigenvalue weighted by molar-refractivity contribution is -0.143. The van der Waals surface area contributed by atoms with Crippen LogP contribution in [0.4, 0.5) is 0 Å². The lowest BCUT2D eigenvalue weighted by atomic mass is 9.75. The van der Waals surface area contributed by atoms with E-state index in [2.05, 4.69) is 0 Å². The average Bonchev–Trinajstić information content (AvgIpc) is 2.46. The highest BCUT2D eigenvalue weighted by atomic mass is 16.2. The Morgan fingerprint density at radius 2 is 1.80 bits per heavy atom. The van der Waals surface area contributed by atoms with Crippen molar-refractivity contribution in [3.05, 3.63) is 12.2 Å². The molecule has 82 valence electrons. The molecule has 0 fully saturated rings. The molecule has 0 saturated heterocycles. The largest absolute Gasteiger partial charge is 0.330 e. The average molecular weight is 209 g/mol. The Balaban J connectivity index is 2.85. The molecule has 4 heteroatoms. The maximum Gasteiger partial charge on any atom is 0.177 e. The number of nitrogens with two attached hydrogens (primary N) is 1. The van der Waals surface area contributed by atoms with Crippen molar-refractivity contribution in [1.29, 1.82) is 0 Å². The predicted molar refractivity (Wildman–Crippen MR) is 55.2 cm³/mol. The third kappa shape index (κ3) is 1.90. The van der Waals surface area contributed by atoms with Gasteiger partial charge in [0.25, 0.3) is 0 Å². The van der Waals surface area contributed by atoms with E-state index in [9.17, 15) is 14.4 Å². The Hall–Kier alpha value is -1.29. The molecule has 1 aliphatic carbocycles. The third-order valence-corrected chi connectivity index (χ3v) is 2.83. The van der Waals surface area contributed by atoms with Crippen molar-refractivity contribution >= 4 is 17.3 Å². The minimum absolute atomic E-state index is 0.282. The smallest absolute Gasteiger partial charge is 0.177 e. The summed E-state index contributed by atoms with van der Waals surface area (Å²) in [6.07, 6.45) is 4.02. The lowest BCUT2D eigenvalue weighted by Crippen LogP contribution is -2.40. The highest BCUT2D eigenvalue weighted by Crippen LogP contribution is 2.33. The molecule has 1 aliphatic rings. The molecule has 0 saturated carbocycles. The Bertz CT molecular complexity index is 313. The van der Waals surface area contributed by atoms with E-state index >= 15 is 0 Å². The molecular weight excluding hydrogens is 194 g/mol. The van der Waals surface area contributed by atoms with Crippen LogP contribution in [0.5, 0.6) is 0 Å². The topological polar surface area (TPSA) is 77.2 Å². The van der Waals surface area contributed by atoms with Crippen LogP contribution >= 0.6 is 0 Å². The summed E-state index contributed by atoms with van der Waals surface area (Å²) >= 11 is 0. The molecule has 0 aromatic carbocycles. The Kier molecular flexibility index (Phi) is 3.52. The molecule has 0 aliphatic heterocycles. The molecule has 0 aromatic heterocycles. The van der Waals surface area contributed by atoms with Crippen molar-refractivity contribution in [3.63, 3.8) is 0 Å². The van der Waals surface area contributed by atoms with E-state index in [-0.39, 0.29) is 23.8 Å². The SMILES string of the molecule is CC(=O)C1(CCCCN)C(=O)C=CC1=O. The first-order valence-electron chi connectivity index (χ1n) is 5.03. The number of Topliss-reactive ketones (excluding diaryl/α,β-unsaturated/α-hetero) is 1. The van der Waals surface area contributed by atoms with Gasteiger partial charge in [-0.3, -0.25) is 14.4 Å². The van der Waals surface area contributed by atoms with Crippen molar-refractivity contribution in [3.8, 4) is 0 Å². The maximum absolute atomic E-state index is 11.6. The Labute approximate surface area is 88.5 Å². The number of hydrogen-bond acceptors (Lipinski definition) is 4. The van der Waals surface area contributed by atoms with Crippen LogP contribution in [0.15, 0.2) is 12.2 Å². The molecule has 0 atom stereocenters. The normalized spacial score (nSPS) is 18.5. The molecule has 0 unspecified atom stereocenters. The van der Waals surface area contributed by atoms with E-state index in [1.165, 1.54) is 19.1 Å². The third-order valence-electron chi connectivity index (χ3n) is 2.83.